The van der Waals surface area contributed by atoms with Gasteiger partial charge in [-0.05, 0) is 13.0 Å². The number of rotatable bonds is 5. The summed E-state index contributed by atoms with van der Waals surface area (Å²) in [6.07, 6.45) is 2.34. The fourth-order valence-corrected chi connectivity index (χ4v) is 2.96. The second-order valence-electron chi connectivity index (χ2n) is 5.57. The minimum Gasteiger partial charge on any atom is -0.349 e. The number of aromatic nitrogens is 5. The van der Waals surface area contributed by atoms with E-state index < -0.39 is 0 Å². The van der Waals surface area contributed by atoms with Gasteiger partial charge in [-0.1, -0.05) is 13.8 Å². The first-order valence-electron chi connectivity index (χ1n) is 7.45. The van der Waals surface area contributed by atoms with Gasteiger partial charge in [0, 0.05) is 36.2 Å². The van der Waals surface area contributed by atoms with Gasteiger partial charge in [0.25, 0.3) is 11.7 Å². The van der Waals surface area contributed by atoms with Gasteiger partial charge in [-0.3, -0.25) is 4.79 Å². The van der Waals surface area contributed by atoms with Crippen molar-refractivity contribution in [2.45, 2.75) is 33.1 Å². The van der Waals surface area contributed by atoms with Crippen LogP contribution in [0.5, 0.6) is 0 Å². The van der Waals surface area contributed by atoms with Gasteiger partial charge < -0.3 is 5.32 Å². The van der Waals surface area contributed by atoms with Gasteiger partial charge in [0.05, 0.1) is 10.7 Å². The van der Waals surface area contributed by atoms with E-state index in [2.05, 4.69) is 39.2 Å². The molecular formula is C15H18N6OS. The van der Waals surface area contributed by atoms with E-state index in [1.165, 1.54) is 0 Å². The van der Waals surface area contributed by atoms with Crippen molar-refractivity contribution < 1.29 is 4.79 Å². The Labute approximate surface area is 137 Å². The van der Waals surface area contributed by atoms with Crippen LogP contribution in [0, 0.1) is 6.92 Å². The van der Waals surface area contributed by atoms with Crippen molar-refractivity contribution in [2.75, 3.05) is 6.54 Å². The van der Waals surface area contributed by atoms with E-state index in [4.69, 9.17) is 0 Å². The van der Waals surface area contributed by atoms with Crippen LogP contribution in [0.25, 0.3) is 5.78 Å². The maximum atomic E-state index is 12.1. The zero-order valence-corrected chi connectivity index (χ0v) is 14.1. The summed E-state index contributed by atoms with van der Waals surface area (Å²) < 4.78 is 1.56. The van der Waals surface area contributed by atoms with Gasteiger partial charge in [0.1, 0.15) is 0 Å². The summed E-state index contributed by atoms with van der Waals surface area (Å²) in [5, 5.41) is 10.2. The van der Waals surface area contributed by atoms with Gasteiger partial charge in [-0.25, -0.2) is 14.5 Å². The van der Waals surface area contributed by atoms with Gasteiger partial charge in [0.2, 0.25) is 5.82 Å². The molecule has 0 spiro atoms. The summed E-state index contributed by atoms with van der Waals surface area (Å²) in [6, 6.07) is 1.82. The number of nitrogens with zero attached hydrogens (tertiary/aromatic N) is 5. The Morgan fingerprint density at radius 3 is 2.91 bits per heavy atom. The Morgan fingerprint density at radius 2 is 2.22 bits per heavy atom. The molecule has 0 aliphatic carbocycles. The van der Waals surface area contributed by atoms with Crippen LogP contribution in [0.2, 0.25) is 0 Å². The van der Waals surface area contributed by atoms with Crippen LogP contribution in [0.4, 0.5) is 0 Å². The highest BCUT2D eigenvalue weighted by atomic mass is 32.1. The maximum Gasteiger partial charge on any atom is 0.291 e. The molecule has 0 aromatic carbocycles. The van der Waals surface area contributed by atoms with Gasteiger partial charge in [-0.15, -0.1) is 16.4 Å². The summed E-state index contributed by atoms with van der Waals surface area (Å²) >= 11 is 1.66. The number of nitrogens with one attached hydrogen (secondary N) is 1. The zero-order valence-electron chi connectivity index (χ0n) is 13.3. The van der Waals surface area contributed by atoms with E-state index in [-0.39, 0.29) is 11.7 Å². The maximum absolute atomic E-state index is 12.1. The molecule has 0 saturated carbocycles. The molecule has 0 bridgehead atoms. The molecule has 23 heavy (non-hydrogen) atoms. The monoisotopic (exact) mass is 330 g/mol. The van der Waals surface area contributed by atoms with Crippen LogP contribution < -0.4 is 5.32 Å². The van der Waals surface area contributed by atoms with Gasteiger partial charge >= 0.3 is 0 Å². The first-order valence-corrected chi connectivity index (χ1v) is 8.33. The Balaban J connectivity index is 1.61. The van der Waals surface area contributed by atoms with Crippen LogP contribution in [0.1, 0.15) is 46.8 Å². The highest BCUT2D eigenvalue weighted by Gasteiger charge is 2.14. The highest BCUT2D eigenvalue weighted by Crippen LogP contribution is 2.19. The number of aryl methyl sites for hydroxylation is 1. The molecule has 0 atom stereocenters. The molecular weight excluding hydrogens is 312 g/mol. The molecule has 0 aliphatic rings. The van der Waals surface area contributed by atoms with Crippen molar-refractivity contribution in [3.8, 4) is 0 Å². The van der Waals surface area contributed by atoms with Crippen LogP contribution in [0.3, 0.4) is 0 Å². The summed E-state index contributed by atoms with van der Waals surface area (Å²) in [5.74, 6) is 0.694. The lowest BCUT2D eigenvalue weighted by molar-refractivity contribution is 0.0944. The van der Waals surface area contributed by atoms with Crippen LogP contribution in [-0.2, 0) is 6.42 Å². The first-order chi connectivity index (χ1) is 11.0. The van der Waals surface area contributed by atoms with Crippen LogP contribution in [0.15, 0.2) is 17.6 Å². The number of fused-ring (bicyclic) bond motifs is 1. The third-order valence-corrected chi connectivity index (χ3v) is 4.56. The van der Waals surface area contributed by atoms with Crippen molar-refractivity contribution in [1.29, 1.82) is 0 Å². The van der Waals surface area contributed by atoms with E-state index in [0.717, 1.165) is 16.4 Å². The molecule has 0 unspecified atom stereocenters. The van der Waals surface area contributed by atoms with Crippen molar-refractivity contribution in [2.24, 2.45) is 0 Å². The third-order valence-electron chi connectivity index (χ3n) is 3.36. The standard InChI is InChI=1S/C15H18N6OS/c1-9(2)14-18-11(8-23-14)5-7-16-13(22)12-19-15-17-6-4-10(3)21(15)20-12/h4,6,8-9H,5,7H2,1-3H3,(H,16,22). The molecule has 0 aliphatic heterocycles. The van der Waals surface area contributed by atoms with E-state index in [9.17, 15) is 4.79 Å². The van der Waals surface area contributed by atoms with Gasteiger partial charge in [0.15, 0.2) is 0 Å². The molecule has 1 amide bonds. The predicted molar refractivity (Wildman–Crippen MR) is 87.8 cm³/mol. The second kappa shape index (κ2) is 6.41. The quantitative estimate of drug-likeness (QED) is 0.773. The molecule has 7 nitrogen and oxygen atoms in total. The average molecular weight is 330 g/mol. The molecule has 1 N–H and O–H groups in total. The number of carbonyl (C=O) groups excluding carboxylic acids is 1. The summed E-state index contributed by atoms with van der Waals surface area (Å²) in [4.78, 5) is 24.9. The molecule has 0 fully saturated rings. The van der Waals surface area contributed by atoms with Crippen molar-refractivity contribution in [3.63, 3.8) is 0 Å². The topological polar surface area (TPSA) is 85.1 Å². The number of thiazole rings is 1. The van der Waals surface area contributed by atoms with Crippen LogP contribution in [-0.4, -0.2) is 37.0 Å². The fourth-order valence-electron chi connectivity index (χ4n) is 2.09. The van der Waals surface area contributed by atoms with Crippen molar-refractivity contribution in [1.82, 2.24) is 29.9 Å². The Kier molecular flexibility index (Phi) is 4.33. The Bertz CT molecular complexity index is 837. The molecule has 0 saturated heterocycles. The SMILES string of the molecule is Cc1ccnc2nc(C(=O)NCCc3csc(C(C)C)n3)nn12. The number of amides is 1. The summed E-state index contributed by atoms with van der Waals surface area (Å²) in [6.45, 7) is 6.63. The number of hydrogen-bond donors (Lipinski definition) is 1. The fraction of sp³-hybridized carbons (Fsp3) is 0.400. The molecule has 3 aromatic rings. The van der Waals surface area contributed by atoms with E-state index in [0.29, 0.717) is 24.7 Å². The smallest absolute Gasteiger partial charge is 0.291 e. The van der Waals surface area contributed by atoms with Gasteiger partial charge in [-0.2, -0.15) is 4.98 Å². The van der Waals surface area contributed by atoms with Crippen LogP contribution >= 0.6 is 11.3 Å². The van der Waals surface area contributed by atoms with E-state index >= 15 is 0 Å². The molecule has 8 heteroatoms. The largest absolute Gasteiger partial charge is 0.349 e. The van der Waals surface area contributed by atoms with E-state index in [1.54, 1.807) is 22.0 Å². The minimum atomic E-state index is -0.297. The molecule has 0 radical (unpaired) electrons. The minimum absolute atomic E-state index is 0.132. The third kappa shape index (κ3) is 3.37. The lowest BCUT2D eigenvalue weighted by atomic mass is 10.2. The zero-order chi connectivity index (χ0) is 16.4. The molecule has 120 valence electrons. The lowest BCUT2D eigenvalue weighted by Gasteiger charge is -2.00. The second-order valence-corrected chi connectivity index (χ2v) is 6.46. The highest BCUT2D eigenvalue weighted by molar-refractivity contribution is 7.09. The Hall–Kier alpha value is -2.35. The number of carbonyl (C=O) groups is 1. The van der Waals surface area contributed by atoms with Crippen molar-refractivity contribution >= 4 is 23.0 Å². The molecule has 3 aromatic heterocycles. The molecule has 3 rings (SSSR count). The summed E-state index contributed by atoms with van der Waals surface area (Å²) in [5.41, 5.74) is 1.88. The Morgan fingerprint density at radius 1 is 1.39 bits per heavy atom. The van der Waals surface area contributed by atoms with Crippen molar-refractivity contribution in [3.05, 3.63) is 39.9 Å². The number of hydrogen-bond acceptors (Lipinski definition) is 6. The lowest BCUT2D eigenvalue weighted by Crippen LogP contribution is -2.26. The average Bonchev–Trinajstić information content (AvgIpc) is 3.14. The summed E-state index contributed by atoms with van der Waals surface area (Å²) in [7, 11) is 0. The normalized spacial score (nSPS) is 11.3. The predicted octanol–water partition coefficient (Wildman–Crippen LogP) is 1.99. The van der Waals surface area contributed by atoms with E-state index in [1.807, 2.05) is 18.4 Å². The molecule has 3 heterocycles. The first kappa shape index (κ1) is 15.5.